The van der Waals surface area contributed by atoms with Gasteiger partial charge in [0.1, 0.15) is 5.60 Å². The highest BCUT2D eigenvalue weighted by Crippen LogP contribution is 2.35. The van der Waals surface area contributed by atoms with Crippen LogP contribution in [0.1, 0.15) is 13.8 Å². The van der Waals surface area contributed by atoms with E-state index in [1.165, 1.54) is 10.8 Å². The van der Waals surface area contributed by atoms with Gasteiger partial charge < -0.3 is 10.1 Å². The van der Waals surface area contributed by atoms with Crippen LogP contribution < -0.4 is 14.8 Å². The van der Waals surface area contributed by atoms with Crippen LogP contribution in [0.2, 0.25) is 0 Å². The number of aromatic nitrogens is 3. The molecule has 2 N–H and O–H groups in total. The number of hydrogen-bond donors (Lipinski definition) is 2. The van der Waals surface area contributed by atoms with E-state index < -0.39 is 11.0 Å². The first-order valence-corrected chi connectivity index (χ1v) is 9.90. The van der Waals surface area contributed by atoms with E-state index in [4.69, 9.17) is 4.74 Å². The number of carbonyl (C=O) groups excluding carboxylic acids is 1. The molecule has 2 aliphatic rings. The number of pyridine rings is 1. The normalized spacial score (nSPS) is 20.1. The summed E-state index contributed by atoms with van der Waals surface area (Å²) in [4.78, 5) is 15.9. The lowest BCUT2D eigenvalue weighted by Crippen LogP contribution is -2.40. The number of benzene rings is 1. The van der Waals surface area contributed by atoms with Gasteiger partial charge in [0.25, 0.3) is 5.91 Å². The Morgan fingerprint density at radius 3 is 2.86 bits per heavy atom. The molecule has 2 aromatic heterocycles. The summed E-state index contributed by atoms with van der Waals surface area (Å²) in [6, 6.07) is 7.79. The van der Waals surface area contributed by atoms with Crippen LogP contribution in [0, 0.1) is 0 Å². The summed E-state index contributed by atoms with van der Waals surface area (Å²) in [7, 11) is -1.60. The van der Waals surface area contributed by atoms with Crippen LogP contribution in [0.4, 0.5) is 5.82 Å². The Morgan fingerprint density at radius 1 is 1.21 bits per heavy atom. The molecule has 1 atom stereocenters. The third-order valence-electron chi connectivity index (χ3n) is 4.67. The van der Waals surface area contributed by atoms with E-state index in [2.05, 4.69) is 20.1 Å². The molecule has 28 heavy (non-hydrogen) atoms. The molecule has 1 aromatic carbocycles. The van der Waals surface area contributed by atoms with E-state index in [9.17, 15) is 9.00 Å². The second-order valence-electron chi connectivity index (χ2n) is 7.33. The van der Waals surface area contributed by atoms with Gasteiger partial charge in [-0.1, -0.05) is 6.07 Å². The van der Waals surface area contributed by atoms with Crippen LogP contribution >= 0.6 is 0 Å². The Kier molecular flexibility index (Phi) is 3.57. The molecular formula is C19H17N5O3S. The van der Waals surface area contributed by atoms with Crippen molar-refractivity contribution >= 4 is 38.6 Å². The van der Waals surface area contributed by atoms with Crippen LogP contribution in [-0.2, 0) is 15.8 Å². The zero-order valence-corrected chi connectivity index (χ0v) is 16.0. The highest BCUT2D eigenvalue weighted by atomic mass is 32.2. The molecule has 142 valence electrons. The number of carbonyl (C=O) groups is 1. The number of fused-ring (bicyclic) bond motifs is 2. The lowest BCUT2D eigenvalue weighted by atomic mass is 10.0. The SMILES string of the molecule is CC1(C)CNc2ncc(-c3ccc4c(cnn4C4=CC(=O)NS4=O)c3)cc2O1. The van der Waals surface area contributed by atoms with Crippen LogP contribution in [0.25, 0.3) is 27.1 Å². The smallest absolute Gasteiger partial charge is 0.258 e. The molecule has 0 bridgehead atoms. The largest absolute Gasteiger partial charge is 0.482 e. The monoisotopic (exact) mass is 395 g/mol. The Balaban J connectivity index is 1.54. The van der Waals surface area contributed by atoms with Gasteiger partial charge in [-0.3, -0.25) is 9.52 Å². The van der Waals surface area contributed by atoms with E-state index in [1.807, 2.05) is 38.1 Å². The highest BCUT2D eigenvalue weighted by Gasteiger charge is 2.27. The molecule has 0 saturated heterocycles. The zero-order valence-electron chi connectivity index (χ0n) is 15.2. The van der Waals surface area contributed by atoms with Crippen molar-refractivity contribution in [3.63, 3.8) is 0 Å². The van der Waals surface area contributed by atoms with Gasteiger partial charge in [-0.15, -0.1) is 0 Å². The predicted octanol–water partition coefficient (Wildman–Crippen LogP) is 2.27. The molecule has 0 fully saturated rings. The molecule has 1 unspecified atom stereocenters. The van der Waals surface area contributed by atoms with Gasteiger partial charge in [-0.05, 0) is 37.6 Å². The van der Waals surface area contributed by atoms with Gasteiger partial charge in [0.15, 0.2) is 27.6 Å². The molecule has 5 rings (SSSR count). The maximum atomic E-state index is 12.0. The maximum absolute atomic E-state index is 12.0. The van der Waals surface area contributed by atoms with Crippen molar-refractivity contribution in [1.82, 2.24) is 19.5 Å². The predicted molar refractivity (Wildman–Crippen MR) is 107 cm³/mol. The molecule has 4 heterocycles. The second-order valence-corrected chi connectivity index (χ2v) is 8.49. The second kappa shape index (κ2) is 5.90. The number of rotatable bonds is 2. The summed E-state index contributed by atoms with van der Waals surface area (Å²) >= 11 is 0. The van der Waals surface area contributed by atoms with Gasteiger partial charge in [0.05, 0.1) is 18.3 Å². The van der Waals surface area contributed by atoms with Crippen LogP contribution in [0.15, 0.2) is 42.7 Å². The molecule has 0 saturated carbocycles. The first-order valence-electron chi connectivity index (χ1n) is 8.75. The quantitative estimate of drug-likeness (QED) is 0.691. The maximum Gasteiger partial charge on any atom is 0.258 e. The lowest BCUT2D eigenvalue weighted by molar-refractivity contribution is -0.114. The summed E-state index contributed by atoms with van der Waals surface area (Å²) in [5.41, 5.74) is 2.36. The molecule has 0 radical (unpaired) electrons. The zero-order chi connectivity index (χ0) is 19.5. The average molecular weight is 395 g/mol. The minimum absolute atomic E-state index is 0.297. The molecule has 9 heteroatoms. The minimum atomic E-state index is -1.60. The van der Waals surface area contributed by atoms with Crippen molar-refractivity contribution in [2.24, 2.45) is 0 Å². The number of amides is 1. The Labute approximate surface area is 163 Å². The van der Waals surface area contributed by atoms with Gasteiger partial charge in [-0.25, -0.2) is 13.9 Å². The number of nitrogens with zero attached hydrogens (tertiary/aromatic N) is 3. The third-order valence-corrected chi connectivity index (χ3v) is 5.73. The fourth-order valence-electron chi connectivity index (χ4n) is 3.31. The third kappa shape index (κ3) is 2.75. The molecule has 2 aliphatic heterocycles. The van der Waals surface area contributed by atoms with Crippen LogP contribution in [0.5, 0.6) is 5.75 Å². The van der Waals surface area contributed by atoms with Crippen molar-refractivity contribution < 1.29 is 13.7 Å². The fraction of sp³-hybridized carbons (Fsp3) is 0.211. The Hall–Kier alpha value is -3.20. The van der Waals surface area contributed by atoms with Crippen LogP contribution in [0.3, 0.4) is 0 Å². The number of nitrogens with one attached hydrogen (secondary N) is 2. The lowest BCUT2D eigenvalue weighted by Gasteiger charge is -2.32. The molecule has 8 nitrogen and oxygen atoms in total. The van der Waals surface area contributed by atoms with Crippen molar-refractivity contribution in [2.75, 3.05) is 11.9 Å². The summed E-state index contributed by atoms with van der Waals surface area (Å²) in [6.45, 7) is 4.75. The average Bonchev–Trinajstić information content (AvgIpc) is 3.21. The van der Waals surface area contributed by atoms with Crippen molar-refractivity contribution in [3.05, 3.63) is 42.7 Å². The van der Waals surface area contributed by atoms with Gasteiger partial charge in [0, 0.05) is 23.2 Å². The molecule has 0 spiro atoms. The van der Waals surface area contributed by atoms with Gasteiger partial charge >= 0.3 is 0 Å². The van der Waals surface area contributed by atoms with Crippen molar-refractivity contribution in [1.29, 1.82) is 0 Å². The molecule has 3 aromatic rings. The topological polar surface area (TPSA) is 98.1 Å². The summed E-state index contributed by atoms with van der Waals surface area (Å²) in [5, 5.41) is 8.78. The number of ether oxygens (including phenoxy) is 1. The van der Waals surface area contributed by atoms with Gasteiger partial charge in [-0.2, -0.15) is 5.10 Å². The number of anilines is 1. The van der Waals surface area contributed by atoms with E-state index in [0.29, 0.717) is 11.6 Å². The van der Waals surface area contributed by atoms with Crippen molar-refractivity contribution in [2.45, 2.75) is 19.4 Å². The Bertz CT molecular complexity index is 1200. The Morgan fingerprint density at radius 2 is 2.07 bits per heavy atom. The van der Waals surface area contributed by atoms with Crippen molar-refractivity contribution in [3.8, 4) is 16.9 Å². The molecular weight excluding hydrogens is 378 g/mol. The molecule has 1 amide bonds. The summed E-state index contributed by atoms with van der Waals surface area (Å²) < 4.78 is 21.9. The van der Waals surface area contributed by atoms with Crippen LogP contribution in [-0.4, -0.2) is 37.0 Å². The number of hydrogen-bond acceptors (Lipinski definition) is 6. The minimum Gasteiger partial charge on any atom is -0.482 e. The summed E-state index contributed by atoms with van der Waals surface area (Å²) in [6.07, 6.45) is 4.79. The fourth-order valence-corrected chi connectivity index (χ4v) is 4.17. The first kappa shape index (κ1) is 16.9. The van der Waals surface area contributed by atoms with E-state index >= 15 is 0 Å². The van der Waals surface area contributed by atoms with E-state index in [-0.39, 0.29) is 11.5 Å². The first-order chi connectivity index (χ1) is 13.4. The summed E-state index contributed by atoms with van der Waals surface area (Å²) in [5.74, 6) is 1.08. The molecule has 0 aliphatic carbocycles. The van der Waals surface area contributed by atoms with E-state index in [1.54, 1.807) is 12.4 Å². The van der Waals surface area contributed by atoms with Gasteiger partial charge in [0.2, 0.25) is 0 Å². The highest BCUT2D eigenvalue weighted by molar-refractivity contribution is 7.93. The standard InChI is InChI=1S/C19H17N5O3S/c1-19(2)10-21-18-15(27-19)6-12(8-20-18)11-3-4-14-13(5-11)9-22-24(14)17-7-16(25)23-28(17)26/h3-9H,10H2,1-2H3,(H,20,21)(H,23,25). The van der Waals surface area contributed by atoms with E-state index in [0.717, 1.165) is 33.6 Å².